The Morgan fingerprint density at radius 1 is 0.931 bits per heavy atom. The summed E-state index contributed by atoms with van der Waals surface area (Å²) in [7, 11) is 0. The second-order valence-electron chi connectivity index (χ2n) is 12.2. The van der Waals surface area contributed by atoms with E-state index in [1.54, 1.807) is 5.57 Å². The summed E-state index contributed by atoms with van der Waals surface area (Å²) in [6.45, 7) is 14.8. The molecule has 1 nitrogen and oxygen atoms in total. The van der Waals surface area contributed by atoms with Crippen LogP contribution in [-0.4, -0.2) is 11.2 Å². The summed E-state index contributed by atoms with van der Waals surface area (Å²) in [5.74, 6) is 5.70. The van der Waals surface area contributed by atoms with E-state index in [9.17, 15) is 5.11 Å². The van der Waals surface area contributed by atoms with E-state index in [0.29, 0.717) is 22.7 Å². The van der Waals surface area contributed by atoms with Gasteiger partial charge < -0.3 is 5.11 Å². The van der Waals surface area contributed by atoms with Gasteiger partial charge in [-0.15, -0.1) is 0 Å². The van der Waals surface area contributed by atoms with Gasteiger partial charge in [-0.3, -0.25) is 0 Å². The van der Waals surface area contributed by atoms with E-state index in [1.807, 2.05) is 0 Å². The van der Waals surface area contributed by atoms with E-state index in [0.717, 1.165) is 36.0 Å². The monoisotopic (exact) mass is 398 g/mol. The van der Waals surface area contributed by atoms with Crippen LogP contribution < -0.4 is 0 Å². The van der Waals surface area contributed by atoms with Gasteiger partial charge in [0.2, 0.25) is 0 Å². The molecule has 0 amide bonds. The highest BCUT2D eigenvalue weighted by molar-refractivity contribution is 5.25. The van der Waals surface area contributed by atoms with E-state index in [-0.39, 0.29) is 6.10 Å². The van der Waals surface area contributed by atoms with Crippen molar-refractivity contribution in [3.05, 3.63) is 23.8 Å². The molecule has 0 aromatic heterocycles. The summed E-state index contributed by atoms with van der Waals surface area (Å²) >= 11 is 0. The molecule has 1 heteroatoms. The van der Waals surface area contributed by atoms with Crippen LogP contribution in [0.2, 0.25) is 0 Å². The summed E-state index contributed by atoms with van der Waals surface area (Å²) in [6, 6.07) is 0. The van der Waals surface area contributed by atoms with Gasteiger partial charge in [-0.1, -0.05) is 65.3 Å². The third kappa shape index (κ3) is 3.58. The highest BCUT2D eigenvalue weighted by Crippen LogP contribution is 2.67. The molecule has 4 rings (SSSR count). The van der Waals surface area contributed by atoms with Gasteiger partial charge in [0, 0.05) is 0 Å². The second kappa shape index (κ2) is 7.85. The molecule has 9 atom stereocenters. The first kappa shape index (κ1) is 21.7. The Morgan fingerprint density at radius 3 is 2.41 bits per heavy atom. The fourth-order valence-corrected chi connectivity index (χ4v) is 8.32. The van der Waals surface area contributed by atoms with Crippen LogP contribution in [-0.2, 0) is 0 Å². The van der Waals surface area contributed by atoms with Crippen LogP contribution in [0.5, 0.6) is 0 Å². The van der Waals surface area contributed by atoms with Gasteiger partial charge in [0.1, 0.15) is 0 Å². The Labute approximate surface area is 180 Å². The molecule has 3 saturated carbocycles. The Hall–Kier alpha value is -0.560. The van der Waals surface area contributed by atoms with Crippen LogP contribution in [0.4, 0.5) is 0 Å². The molecule has 1 N–H and O–H groups in total. The Morgan fingerprint density at radius 2 is 1.69 bits per heavy atom. The SMILES string of the molecule is CC(C)[C@@H](C)/C=C/[C@@H](C)[C@H]1CC[C@H]2[C@@H]3CCC4=CC(O)CC[C@]4(C)[C@H]3CC[C@]12C. The fraction of sp³-hybridized carbons (Fsp3) is 0.857. The molecule has 0 aliphatic heterocycles. The Balaban J connectivity index is 1.52. The third-order valence-electron chi connectivity index (χ3n) is 10.6. The van der Waals surface area contributed by atoms with Crippen molar-refractivity contribution in [3.8, 4) is 0 Å². The van der Waals surface area contributed by atoms with Crippen LogP contribution in [0.15, 0.2) is 23.8 Å². The zero-order chi connectivity index (χ0) is 21.0. The number of hydrogen-bond donors (Lipinski definition) is 1. The lowest BCUT2D eigenvalue weighted by molar-refractivity contribution is -0.0595. The zero-order valence-electron chi connectivity index (χ0n) is 20.0. The lowest BCUT2D eigenvalue weighted by atomic mass is 9.46. The van der Waals surface area contributed by atoms with Crippen molar-refractivity contribution in [1.29, 1.82) is 0 Å². The number of aliphatic hydroxyl groups excluding tert-OH is 1. The molecule has 0 radical (unpaired) electrons. The first-order valence-corrected chi connectivity index (χ1v) is 12.7. The van der Waals surface area contributed by atoms with Gasteiger partial charge in [-0.2, -0.15) is 0 Å². The van der Waals surface area contributed by atoms with Gasteiger partial charge >= 0.3 is 0 Å². The van der Waals surface area contributed by atoms with Gasteiger partial charge in [0.05, 0.1) is 6.10 Å². The second-order valence-corrected chi connectivity index (χ2v) is 12.2. The van der Waals surface area contributed by atoms with Crippen molar-refractivity contribution in [2.45, 2.75) is 99.0 Å². The molecule has 164 valence electrons. The maximum atomic E-state index is 10.2. The summed E-state index contributed by atoms with van der Waals surface area (Å²) in [4.78, 5) is 0. The lowest BCUT2D eigenvalue weighted by Gasteiger charge is -2.59. The first-order valence-electron chi connectivity index (χ1n) is 12.7. The quantitative estimate of drug-likeness (QED) is 0.489. The fourth-order valence-electron chi connectivity index (χ4n) is 8.32. The molecule has 29 heavy (non-hydrogen) atoms. The summed E-state index contributed by atoms with van der Waals surface area (Å²) in [5.41, 5.74) is 2.52. The van der Waals surface area contributed by atoms with Crippen molar-refractivity contribution in [1.82, 2.24) is 0 Å². The van der Waals surface area contributed by atoms with Crippen molar-refractivity contribution in [2.75, 3.05) is 0 Å². The number of aliphatic hydroxyl groups is 1. The standard InChI is InChI=1S/C28H46O/c1-18(2)19(3)7-8-20(4)24-11-12-25-23-10-9-21-17-22(29)13-15-27(21,5)26(23)14-16-28(24,25)6/h7-8,17-20,22-26,29H,9-16H2,1-6H3/b8-7+/t19-,20+,22?,23-,24+,25-,26-,27-,28+/m0/s1. The predicted molar refractivity (Wildman–Crippen MR) is 124 cm³/mol. The molecule has 0 aromatic carbocycles. The molecule has 0 saturated heterocycles. The number of hydrogen-bond acceptors (Lipinski definition) is 1. The highest BCUT2D eigenvalue weighted by Gasteiger charge is 2.59. The minimum atomic E-state index is -0.180. The van der Waals surface area contributed by atoms with Crippen LogP contribution in [0.1, 0.15) is 92.9 Å². The molecule has 0 aromatic rings. The van der Waals surface area contributed by atoms with Gasteiger partial charge in [-0.05, 0) is 104 Å². The molecule has 4 aliphatic carbocycles. The molecular weight excluding hydrogens is 352 g/mol. The normalized spacial score (nSPS) is 46.8. The molecule has 4 aliphatic rings. The first-order chi connectivity index (χ1) is 13.7. The number of allylic oxidation sites excluding steroid dienone is 3. The van der Waals surface area contributed by atoms with Crippen molar-refractivity contribution in [3.63, 3.8) is 0 Å². The maximum Gasteiger partial charge on any atom is 0.0724 e. The van der Waals surface area contributed by atoms with Crippen LogP contribution in [0, 0.1) is 52.3 Å². The number of fused-ring (bicyclic) bond motifs is 5. The molecular formula is C28H46O. The molecule has 1 unspecified atom stereocenters. The Kier molecular flexibility index (Phi) is 5.86. The van der Waals surface area contributed by atoms with Crippen molar-refractivity contribution in [2.24, 2.45) is 52.3 Å². The largest absolute Gasteiger partial charge is 0.389 e. The van der Waals surface area contributed by atoms with E-state index >= 15 is 0 Å². The highest BCUT2D eigenvalue weighted by atomic mass is 16.3. The van der Waals surface area contributed by atoms with Gasteiger partial charge in [0.25, 0.3) is 0 Å². The smallest absolute Gasteiger partial charge is 0.0724 e. The lowest BCUT2D eigenvalue weighted by Crippen LogP contribution is -2.51. The van der Waals surface area contributed by atoms with E-state index in [2.05, 4.69) is 59.8 Å². The minimum absolute atomic E-state index is 0.180. The zero-order valence-corrected chi connectivity index (χ0v) is 20.0. The summed E-state index contributed by atoms with van der Waals surface area (Å²) < 4.78 is 0. The third-order valence-corrected chi connectivity index (χ3v) is 10.6. The molecule has 0 heterocycles. The molecule has 0 spiro atoms. The van der Waals surface area contributed by atoms with Gasteiger partial charge in [-0.25, -0.2) is 0 Å². The van der Waals surface area contributed by atoms with E-state index < -0.39 is 0 Å². The van der Waals surface area contributed by atoms with Crippen LogP contribution in [0.3, 0.4) is 0 Å². The number of rotatable bonds is 4. The van der Waals surface area contributed by atoms with Crippen molar-refractivity contribution >= 4 is 0 Å². The average molecular weight is 399 g/mol. The average Bonchev–Trinajstić information content (AvgIpc) is 3.03. The molecule has 0 bridgehead atoms. The van der Waals surface area contributed by atoms with Crippen LogP contribution in [0.25, 0.3) is 0 Å². The predicted octanol–water partition coefficient (Wildman–Crippen LogP) is 7.41. The maximum absolute atomic E-state index is 10.2. The Bertz CT molecular complexity index is 659. The van der Waals surface area contributed by atoms with E-state index in [1.165, 1.54) is 44.9 Å². The topological polar surface area (TPSA) is 20.2 Å². The minimum Gasteiger partial charge on any atom is -0.389 e. The van der Waals surface area contributed by atoms with Gasteiger partial charge in [0.15, 0.2) is 0 Å². The van der Waals surface area contributed by atoms with E-state index in [4.69, 9.17) is 0 Å². The molecule has 3 fully saturated rings. The summed E-state index contributed by atoms with van der Waals surface area (Å²) in [5, 5.41) is 10.2. The van der Waals surface area contributed by atoms with Crippen molar-refractivity contribution < 1.29 is 5.11 Å². The van der Waals surface area contributed by atoms with Crippen LogP contribution >= 0.6 is 0 Å². The summed E-state index contributed by atoms with van der Waals surface area (Å²) in [6.07, 6.45) is 17.7.